The lowest BCUT2D eigenvalue weighted by Crippen LogP contribution is -2.46. The molecule has 0 aliphatic carbocycles. The summed E-state index contributed by atoms with van der Waals surface area (Å²) in [4.78, 5) is 27.1. The van der Waals surface area contributed by atoms with Gasteiger partial charge in [0, 0.05) is 39.0 Å². The molecule has 2 heterocycles. The Hall–Kier alpha value is -1.06. The molecule has 0 aromatic heterocycles. The first-order valence-electron chi connectivity index (χ1n) is 5.60. The molecule has 0 bridgehead atoms. The number of hydrogen-bond donors (Lipinski definition) is 0. The van der Waals surface area contributed by atoms with Gasteiger partial charge < -0.3 is 9.80 Å². The van der Waals surface area contributed by atoms with Gasteiger partial charge in [0.05, 0.1) is 0 Å². The van der Waals surface area contributed by atoms with Crippen LogP contribution >= 0.6 is 0 Å². The molecule has 0 spiro atoms. The normalized spacial score (nSPS) is 30.3. The Morgan fingerprint density at radius 2 is 2.20 bits per heavy atom. The summed E-state index contributed by atoms with van der Waals surface area (Å²) in [6.07, 6.45) is 3.44. The van der Waals surface area contributed by atoms with Crippen LogP contribution in [0.5, 0.6) is 0 Å². The average Bonchev–Trinajstić information content (AvgIpc) is 2.64. The highest BCUT2D eigenvalue weighted by atomic mass is 16.2. The van der Waals surface area contributed by atoms with Crippen LogP contribution in [-0.2, 0) is 9.59 Å². The van der Waals surface area contributed by atoms with Gasteiger partial charge in [0.2, 0.25) is 11.8 Å². The fourth-order valence-corrected chi connectivity index (χ4v) is 2.70. The van der Waals surface area contributed by atoms with E-state index in [-0.39, 0.29) is 17.7 Å². The highest BCUT2D eigenvalue weighted by Crippen LogP contribution is 2.31. The van der Waals surface area contributed by atoms with Crippen molar-refractivity contribution in [1.29, 1.82) is 0 Å². The van der Waals surface area contributed by atoms with Crippen molar-refractivity contribution in [1.82, 2.24) is 9.80 Å². The van der Waals surface area contributed by atoms with Crippen molar-refractivity contribution < 1.29 is 9.59 Å². The van der Waals surface area contributed by atoms with Crippen molar-refractivity contribution in [3.63, 3.8) is 0 Å². The van der Waals surface area contributed by atoms with Crippen LogP contribution in [-0.4, -0.2) is 48.3 Å². The number of hydrogen-bond acceptors (Lipinski definition) is 2. The number of carbonyl (C=O) groups is 2. The molecule has 0 radical (unpaired) electrons. The van der Waals surface area contributed by atoms with Crippen LogP contribution in [0.25, 0.3) is 0 Å². The van der Waals surface area contributed by atoms with Gasteiger partial charge in [0.1, 0.15) is 0 Å². The molecule has 2 rings (SSSR count). The van der Waals surface area contributed by atoms with Crippen molar-refractivity contribution in [2.24, 2.45) is 5.92 Å². The van der Waals surface area contributed by atoms with Gasteiger partial charge in [-0.25, -0.2) is 0 Å². The van der Waals surface area contributed by atoms with Crippen LogP contribution in [0.1, 0.15) is 25.7 Å². The first-order valence-corrected chi connectivity index (χ1v) is 5.60. The summed E-state index contributed by atoms with van der Waals surface area (Å²) in [5.41, 5.74) is 0. The predicted octanol–water partition coefficient (Wildman–Crippen LogP) is 0.476. The van der Waals surface area contributed by atoms with Crippen molar-refractivity contribution >= 4 is 11.8 Å². The van der Waals surface area contributed by atoms with Crippen molar-refractivity contribution in [2.75, 3.05) is 20.6 Å². The topological polar surface area (TPSA) is 40.6 Å². The molecular formula is C11H18N2O2. The average molecular weight is 210 g/mol. The third-order valence-corrected chi connectivity index (χ3v) is 3.47. The maximum absolute atomic E-state index is 11.8. The minimum atomic E-state index is -0.0770. The molecule has 0 aromatic carbocycles. The lowest BCUT2D eigenvalue weighted by atomic mass is 9.89. The van der Waals surface area contributed by atoms with Crippen LogP contribution in [0, 0.1) is 5.92 Å². The van der Waals surface area contributed by atoms with Crippen molar-refractivity contribution in [2.45, 2.75) is 31.7 Å². The van der Waals surface area contributed by atoms with Gasteiger partial charge in [-0.05, 0) is 19.3 Å². The molecule has 4 heteroatoms. The number of rotatable bonds is 1. The maximum atomic E-state index is 11.8. The van der Waals surface area contributed by atoms with Crippen molar-refractivity contribution in [3.05, 3.63) is 0 Å². The lowest BCUT2D eigenvalue weighted by Gasteiger charge is -2.34. The Bertz CT molecular complexity index is 288. The third-order valence-electron chi connectivity index (χ3n) is 3.47. The van der Waals surface area contributed by atoms with Gasteiger partial charge in [-0.1, -0.05) is 0 Å². The van der Waals surface area contributed by atoms with E-state index in [4.69, 9.17) is 0 Å². The third kappa shape index (κ3) is 1.85. The van der Waals surface area contributed by atoms with Crippen molar-refractivity contribution in [3.8, 4) is 0 Å². The summed E-state index contributed by atoms with van der Waals surface area (Å²) < 4.78 is 0. The minimum absolute atomic E-state index is 0.0770. The molecule has 2 aliphatic rings. The van der Waals surface area contributed by atoms with Gasteiger partial charge in [0.25, 0.3) is 0 Å². The second-order valence-corrected chi connectivity index (χ2v) is 4.75. The monoisotopic (exact) mass is 210 g/mol. The Morgan fingerprint density at radius 3 is 2.87 bits per heavy atom. The quantitative estimate of drug-likeness (QED) is 0.631. The Kier molecular flexibility index (Phi) is 2.67. The van der Waals surface area contributed by atoms with Crippen LogP contribution in [0.3, 0.4) is 0 Å². The van der Waals surface area contributed by atoms with E-state index in [9.17, 15) is 9.59 Å². The highest BCUT2D eigenvalue weighted by molar-refractivity contribution is 5.87. The fraction of sp³-hybridized carbons (Fsp3) is 0.818. The number of amides is 2. The molecule has 84 valence electrons. The van der Waals surface area contributed by atoms with E-state index in [1.807, 2.05) is 4.90 Å². The minimum Gasteiger partial charge on any atom is -0.349 e. The molecule has 15 heavy (non-hydrogen) atoms. The number of piperidine rings is 1. The molecule has 0 N–H and O–H groups in total. The van der Waals surface area contributed by atoms with Gasteiger partial charge in [-0.3, -0.25) is 9.59 Å². The van der Waals surface area contributed by atoms with E-state index in [1.54, 1.807) is 19.0 Å². The summed E-state index contributed by atoms with van der Waals surface area (Å²) in [7, 11) is 3.52. The zero-order valence-corrected chi connectivity index (χ0v) is 9.40. The molecule has 2 unspecified atom stereocenters. The Labute approximate surface area is 90.2 Å². The highest BCUT2D eigenvalue weighted by Gasteiger charge is 2.39. The summed E-state index contributed by atoms with van der Waals surface area (Å²) in [5, 5.41) is 0. The van der Waals surface area contributed by atoms with Gasteiger partial charge in [0.15, 0.2) is 0 Å². The predicted molar refractivity (Wildman–Crippen MR) is 56.2 cm³/mol. The van der Waals surface area contributed by atoms with E-state index < -0.39 is 0 Å². The molecule has 2 fully saturated rings. The largest absolute Gasteiger partial charge is 0.349 e. The van der Waals surface area contributed by atoms with E-state index in [0.29, 0.717) is 12.5 Å². The van der Waals surface area contributed by atoms with E-state index in [1.165, 1.54) is 0 Å². The first-order chi connectivity index (χ1) is 7.09. The lowest BCUT2D eigenvalue weighted by molar-refractivity contribution is -0.145. The summed E-state index contributed by atoms with van der Waals surface area (Å²) in [6.45, 7) is 0.895. The molecule has 2 aliphatic heterocycles. The van der Waals surface area contributed by atoms with E-state index in [2.05, 4.69) is 0 Å². The SMILES string of the molecule is CN(C)C(=O)C1CC(=O)N2CCCC2C1. The second-order valence-electron chi connectivity index (χ2n) is 4.75. The van der Waals surface area contributed by atoms with Crippen LogP contribution in [0.2, 0.25) is 0 Å². The van der Waals surface area contributed by atoms with Crippen LogP contribution < -0.4 is 0 Å². The molecule has 0 saturated carbocycles. The molecule has 0 aromatic rings. The number of nitrogens with zero attached hydrogens (tertiary/aromatic N) is 2. The van der Waals surface area contributed by atoms with Gasteiger partial charge in [-0.2, -0.15) is 0 Å². The van der Waals surface area contributed by atoms with E-state index in [0.717, 1.165) is 25.8 Å². The molecule has 2 amide bonds. The molecule has 4 nitrogen and oxygen atoms in total. The number of carbonyl (C=O) groups excluding carboxylic acids is 2. The molecule has 2 saturated heterocycles. The van der Waals surface area contributed by atoms with E-state index >= 15 is 0 Å². The zero-order valence-electron chi connectivity index (χ0n) is 9.40. The Morgan fingerprint density at radius 1 is 1.47 bits per heavy atom. The molecular weight excluding hydrogens is 192 g/mol. The smallest absolute Gasteiger partial charge is 0.225 e. The first kappa shape index (κ1) is 10.5. The van der Waals surface area contributed by atoms with Gasteiger partial charge >= 0.3 is 0 Å². The Balaban J connectivity index is 2.06. The fourth-order valence-electron chi connectivity index (χ4n) is 2.70. The van der Waals surface area contributed by atoms with Crippen LogP contribution in [0.15, 0.2) is 0 Å². The summed E-state index contributed by atoms with van der Waals surface area (Å²) >= 11 is 0. The maximum Gasteiger partial charge on any atom is 0.225 e. The summed E-state index contributed by atoms with van der Waals surface area (Å²) in [6, 6.07) is 0.333. The number of fused-ring (bicyclic) bond motifs is 1. The molecule has 2 atom stereocenters. The van der Waals surface area contributed by atoms with Crippen LogP contribution in [0.4, 0.5) is 0 Å². The summed E-state index contributed by atoms with van der Waals surface area (Å²) in [5.74, 6) is 0.200. The van der Waals surface area contributed by atoms with Gasteiger partial charge in [-0.15, -0.1) is 0 Å². The standard InChI is InChI=1S/C11H18N2O2/c1-12(2)11(15)8-6-9-4-3-5-13(9)10(14)7-8/h8-9H,3-7H2,1-2H3. The second kappa shape index (κ2) is 3.83. The zero-order chi connectivity index (χ0) is 11.0.